The number of benzene rings is 2. The molecular formula is C45H57N7O7. The summed E-state index contributed by atoms with van der Waals surface area (Å²) >= 11 is 0. The van der Waals surface area contributed by atoms with Gasteiger partial charge in [-0.1, -0.05) is 26.0 Å². The molecule has 14 nitrogen and oxygen atoms in total. The molecule has 6 heterocycles. The highest BCUT2D eigenvalue weighted by atomic mass is 16.5. The van der Waals surface area contributed by atoms with E-state index in [9.17, 15) is 14.4 Å². The van der Waals surface area contributed by atoms with E-state index in [1.165, 1.54) is 7.11 Å². The minimum absolute atomic E-state index is 0.0270. The van der Waals surface area contributed by atoms with Gasteiger partial charge in [-0.3, -0.25) is 9.59 Å². The smallest absolute Gasteiger partial charge is 0.407 e. The summed E-state index contributed by atoms with van der Waals surface area (Å²) in [4.78, 5) is 57.0. The van der Waals surface area contributed by atoms with Crippen LogP contribution in [0.15, 0.2) is 48.8 Å². The number of nitrogens with one attached hydrogen (secondary N) is 4. The third-order valence-electron chi connectivity index (χ3n) is 12.7. The van der Waals surface area contributed by atoms with Crippen molar-refractivity contribution >= 4 is 17.9 Å². The van der Waals surface area contributed by atoms with Gasteiger partial charge in [0.05, 0.1) is 36.9 Å². The summed E-state index contributed by atoms with van der Waals surface area (Å²) in [7, 11) is 1.31. The number of aryl methyl sites for hydroxylation is 1. The van der Waals surface area contributed by atoms with Gasteiger partial charge in [0.25, 0.3) is 0 Å². The fourth-order valence-electron chi connectivity index (χ4n) is 9.16. The number of amides is 3. The third kappa shape index (κ3) is 9.03. The number of fused-ring (bicyclic) bond motifs is 2. The first-order valence-corrected chi connectivity index (χ1v) is 21.3. The van der Waals surface area contributed by atoms with Gasteiger partial charge in [-0.25, -0.2) is 14.8 Å². The molecule has 59 heavy (non-hydrogen) atoms. The summed E-state index contributed by atoms with van der Waals surface area (Å²) in [6.07, 6.45) is 11.3. The highest BCUT2D eigenvalue weighted by Crippen LogP contribution is 2.49. The molecule has 0 aliphatic carbocycles. The molecule has 4 aromatic rings. The summed E-state index contributed by atoms with van der Waals surface area (Å²) in [5.74, 6) is 3.71. The number of imidazole rings is 2. The van der Waals surface area contributed by atoms with Crippen LogP contribution in [0.5, 0.6) is 11.5 Å². The molecule has 2 aromatic carbocycles. The van der Waals surface area contributed by atoms with Gasteiger partial charge >= 0.3 is 6.09 Å². The molecule has 0 saturated carbocycles. The van der Waals surface area contributed by atoms with Crippen LogP contribution in [0.25, 0.3) is 22.5 Å². The Morgan fingerprint density at radius 2 is 1.61 bits per heavy atom. The Morgan fingerprint density at radius 1 is 0.881 bits per heavy atom. The number of aromatic amines is 2. The number of ether oxygens (including phenoxy) is 4. The number of unbranched alkanes of at least 4 members (excludes halogenated alkanes) is 1. The highest BCUT2D eigenvalue weighted by molar-refractivity contribution is 5.86. The lowest BCUT2D eigenvalue weighted by Crippen LogP contribution is -2.53. The number of carbonyl (C=O) groups is 3. The molecule has 0 spiro atoms. The van der Waals surface area contributed by atoms with Crippen LogP contribution in [0.1, 0.15) is 100 Å². The quantitative estimate of drug-likeness (QED) is 0.104. The Kier molecular flexibility index (Phi) is 12.3. The van der Waals surface area contributed by atoms with Gasteiger partial charge in [0, 0.05) is 80.0 Å². The molecule has 3 saturated heterocycles. The van der Waals surface area contributed by atoms with E-state index in [-0.39, 0.29) is 29.2 Å². The van der Waals surface area contributed by atoms with Gasteiger partial charge < -0.3 is 44.4 Å². The molecule has 2 aromatic heterocycles. The number of hydrogen-bond acceptors (Lipinski definition) is 9. The summed E-state index contributed by atoms with van der Waals surface area (Å²) < 4.78 is 22.4. The van der Waals surface area contributed by atoms with Crippen molar-refractivity contribution in [2.45, 2.75) is 95.6 Å². The molecule has 2 unspecified atom stereocenters. The van der Waals surface area contributed by atoms with Crippen LogP contribution in [-0.4, -0.2) is 95.4 Å². The maximum absolute atomic E-state index is 14.1. The Hall–Kier alpha value is -5.21. The fraction of sp³-hybridized carbons (Fsp3) is 0.533. The summed E-state index contributed by atoms with van der Waals surface area (Å²) in [5, 5.41) is 5.91. The first-order valence-electron chi connectivity index (χ1n) is 21.3. The highest BCUT2D eigenvalue weighted by Gasteiger charge is 2.40. The van der Waals surface area contributed by atoms with Crippen molar-refractivity contribution < 1.29 is 33.3 Å². The molecule has 3 fully saturated rings. The number of aromatic nitrogens is 4. The lowest BCUT2D eigenvalue weighted by molar-refractivity contribution is -0.136. The zero-order valence-corrected chi connectivity index (χ0v) is 34.4. The van der Waals surface area contributed by atoms with Gasteiger partial charge in [-0.05, 0) is 87.5 Å². The van der Waals surface area contributed by atoms with Gasteiger partial charge in [0.2, 0.25) is 11.8 Å². The Morgan fingerprint density at radius 3 is 2.41 bits per heavy atom. The lowest BCUT2D eigenvalue weighted by Gasteiger charge is -2.35. The first kappa shape index (κ1) is 40.6. The van der Waals surface area contributed by atoms with E-state index in [2.05, 4.69) is 63.7 Å². The Balaban J connectivity index is 0.900. The maximum atomic E-state index is 14.1. The van der Waals surface area contributed by atoms with E-state index in [4.69, 9.17) is 23.9 Å². The molecule has 0 radical (unpaired) electrons. The SMILES string of the molecule is COC(=O)NC(C(=O)N1CCCC1c1ncc(-c2ccc3c(c2)C(C)(C)c2ccc(-c4cnc(CCCCNC(=O)CC5CCOCC5)[nH]4)cc2O3)[nH]1)C1CCOCC1. The molecule has 8 rings (SSSR count). The van der Waals surface area contributed by atoms with E-state index in [0.717, 1.165) is 115 Å². The van der Waals surface area contributed by atoms with Crippen LogP contribution >= 0.6 is 0 Å². The van der Waals surface area contributed by atoms with E-state index >= 15 is 0 Å². The number of alkyl carbamates (subject to hydrolysis) is 1. The van der Waals surface area contributed by atoms with Crippen LogP contribution in [0.3, 0.4) is 0 Å². The number of rotatable bonds is 13. The van der Waals surface area contributed by atoms with Gasteiger partial charge in [0.15, 0.2) is 0 Å². The van der Waals surface area contributed by atoms with E-state index < -0.39 is 12.1 Å². The van der Waals surface area contributed by atoms with Crippen LogP contribution in [0.4, 0.5) is 4.79 Å². The molecule has 14 heteroatoms. The number of hydrogen-bond donors (Lipinski definition) is 4. The second-order valence-corrected chi connectivity index (χ2v) is 16.9. The summed E-state index contributed by atoms with van der Waals surface area (Å²) in [6, 6.07) is 11.7. The average molecular weight is 808 g/mol. The first-order chi connectivity index (χ1) is 28.7. The zero-order valence-electron chi connectivity index (χ0n) is 34.4. The summed E-state index contributed by atoms with van der Waals surface area (Å²) in [6.45, 7) is 8.35. The maximum Gasteiger partial charge on any atom is 0.407 e. The standard InChI is InChI=1S/C45H57N7O7/c1-45(2)32-11-9-31(34-26-47-39(49-34)8-4-5-17-46-40(53)23-28-13-19-57-20-14-28)25-38(32)59-37-12-10-30(24-33(37)45)35-27-48-42(50-35)36-7-6-18-52(36)43(54)41(51-44(55)56-3)29-15-21-58-22-16-29/h9-12,24-29,36,41H,4-8,13-23H2,1-3H3,(H,46,53)(H,47,49)(H,48,50)(H,51,55). The van der Waals surface area contributed by atoms with Gasteiger partial charge in [0.1, 0.15) is 29.2 Å². The van der Waals surface area contributed by atoms with Crippen LogP contribution in [-0.2, 0) is 35.6 Å². The number of carbonyl (C=O) groups excluding carboxylic acids is 3. The fourth-order valence-corrected chi connectivity index (χ4v) is 9.16. The largest absolute Gasteiger partial charge is 0.457 e. The number of likely N-dealkylation sites (tertiary alicyclic amines) is 1. The van der Waals surface area contributed by atoms with Crippen LogP contribution < -0.4 is 15.4 Å². The lowest BCUT2D eigenvalue weighted by atomic mass is 9.75. The molecule has 3 amide bonds. The monoisotopic (exact) mass is 807 g/mol. The summed E-state index contributed by atoms with van der Waals surface area (Å²) in [5.41, 5.74) is 5.59. The van der Waals surface area contributed by atoms with Crippen molar-refractivity contribution in [3.8, 4) is 34.0 Å². The van der Waals surface area contributed by atoms with Crippen molar-refractivity contribution in [3.63, 3.8) is 0 Å². The predicted octanol–water partition coefficient (Wildman–Crippen LogP) is 6.97. The number of methoxy groups -OCH3 is 1. The second-order valence-electron chi connectivity index (χ2n) is 16.9. The van der Waals surface area contributed by atoms with Gasteiger partial charge in [-0.15, -0.1) is 0 Å². The van der Waals surface area contributed by atoms with Gasteiger partial charge in [-0.2, -0.15) is 0 Å². The molecule has 2 atom stereocenters. The minimum Gasteiger partial charge on any atom is -0.457 e. The minimum atomic E-state index is -0.685. The van der Waals surface area contributed by atoms with Crippen molar-refractivity contribution in [1.29, 1.82) is 0 Å². The topological polar surface area (TPSA) is 173 Å². The molecular weight excluding hydrogens is 751 g/mol. The second kappa shape index (κ2) is 18.0. The van der Waals surface area contributed by atoms with Crippen LogP contribution in [0.2, 0.25) is 0 Å². The molecule has 314 valence electrons. The molecule has 0 bridgehead atoms. The average Bonchev–Trinajstić information content (AvgIpc) is 4.05. The Labute approximate surface area is 345 Å². The number of H-pyrrole nitrogens is 2. The molecule has 4 aliphatic rings. The van der Waals surface area contributed by atoms with Crippen molar-refractivity contribution in [1.82, 2.24) is 35.5 Å². The molecule has 4 aliphatic heterocycles. The zero-order chi connectivity index (χ0) is 40.9. The van der Waals surface area contributed by atoms with Crippen molar-refractivity contribution in [2.75, 3.05) is 46.6 Å². The third-order valence-corrected chi connectivity index (χ3v) is 12.7. The van der Waals surface area contributed by atoms with Crippen LogP contribution in [0, 0.1) is 11.8 Å². The normalized spacial score (nSPS) is 19.6. The predicted molar refractivity (Wildman–Crippen MR) is 221 cm³/mol. The van der Waals surface area contributed by atoms with E-state index in [0.29, 0.717) is 51.5 Å². The molecule has 4 N–H and O–H groups in total. The van der Waals surface area contributed by atoms with Crippen molar-refractivity contribution in [2.24, 2.45) is 11.8 Å². The van der Waals surface area contributed by atoms with Crippen molar-refractivity contribution in [3.05, 3.63) is 71.6 Å². The van der Waals surface area contributed by atoms with E-state index in [1.807, 2.05) is 29.4 Å². The van der Waals surface area contributed by atoms with E-state index in [1.54, 1.807) is 0 Å². The Bertz CT molecular complexity index is 2120. The number of nitrogens with zero attached hydrogens (tertiary/aromatic N) is 3.